The second kappa shape index (κ2) is 6.20. The van der Waals surface area contributed by atoms with Gasteiger partial charge in [-0.25, -0.2) is 4.39 Å². The van der Waals surface area contributed by atoms with Crippen LogP contribution in [0, 0.1) is 11.9 Å². The van der Waals surface area contributed by atoms with Gasteiger partial charge in [-0.15, -0.1) is 25.3 Å². The Hall–Kier alpha value is -0.347. The van der Waals surface area contributed by atoms with E-state index in [0.717, 1.165) is 29.4 Å². The number of alkyl halides is 3. The van der Waals surface area contributed by atoms with Crippen molar-refractivity contribution in [2.75, 3.05) is 0 Å². The fourth-order valence-electron chi connectivity index (χ4n) is 0.615. The molecule has 74 valence electrons. The summed E-state index contributed by atoms with van der Waals surface area (Å²) >= 11 is 0.847. The summed E-state index contributed by atoms with van der Waals surface area (Å²) < 4.78 is 50.2. The first-order valence-electron chi connectivity index (χ1n) is 3.17. The van der Waals surface area contributed by atoms with Crippen LogP contribution in [0.2, 0.25) is 0 Å². The van der Waals surface area contributed by atoms with Crippen molar-refractivity contribution in [3.8, 4) is 5.75 Å². The molecule has 0 aliphatic carbocycles. The van der Waals surface area contributed by atoms with Crippen molar-refractivity contribution in [1.82, 2.24) is 0 Å². The Balaban J connectivity index is 0.000000791. The summed E-state index contributed by atoms with van der Waals surface area (Å²) in [5, 5.41) is 0. The molecule has 0 aliphatic rings. The van der Waals surface area contributed by atoms with Gasteiger partial charge in [-0.2, -0.15) is 6.07 Å². The van der Waals surface area contributed by atoms with Crippen LogP contribution in [0.15, 0.2) is 18.2 Å². The van der Waals surface area contributed by atoms with Gasteiger partial charge in [0.15, 0.2) is 0 Å². The standard InChI is InChI=1S/C7H3F4O.ClH.Zn/c8-5-2-1-3-6(4-5)12-7(9,10)11;;/h1,3-4H;1H;/q-1;;+2/p-1. The Kier molecular flexibility index (Phi) is 6.04. The van der Waals surface area contributed by atoms with Crippen LogP contribution in [0.3, 0.4) is 0 Å². The van der Waals surface area contributed by atoms with Crippen molar-refractivity contribution < 1.29 is 39.6 Å². The van der Waals surface area contributed by atoms with E-state index in [1.165, 1.54) is 0 Å². The van der Waals surface area contributed by atoms with Crippen LogP contribution in [0.5, 0.6) is 5.75 Å². The second-order valence-electron chi connectivity index (χ2n) is 1.92. The third-order valence-corrected chi connectivity index (χ3v) is 0.971. The molecular formula is C7H3ClF4OZn. The summed E-state index contributed by atoms with van der Waals surface area (Å²) in [4.78, 5) is 0. The molecule has 0 radical (unpaired) electrons. The zero-order chi connectivity index (χ0) is 11.2. The van der Waals surface area contributed by atoms with Crippen molar-refractivity contribution >= 4 is 9.69 Å². The summed E-state index contributed by atoms with van der Waals surface area (Å²) in [6, 6.07) is 4.63. The number of hydrogen-bond donors (Lipinski definition) is 0. The Morgan fingerprint density at radius 2 is 1.93 bits per heavy atom. The topological polar surface area (TPSA) is 9.23 Å². The van der Waals surface area contributed by atoms with Crippen LogP contribution >= 0.6 is 9.69 Å². The van der Waals surface area contributed by atoms with Gasteiger partial charge in [-0.1, -0.05) is 6.07 Å². The quantitative estimate of drug-likeness (QED) is 0.436. The summed E-state index contributed by atoms with van der Waals surface area (Å²) in [5.41, 5.74) is 0. The van der Waals surface area contributed by atoms with Gasteiger partial charge in [0.05, 0.1) is 0 Å². The third-order valence-electron chi connectivity index (χ3n) is 0.971. The van der Waals surface area contributed by atoms with Gasteiger partial charge in [0, 0.05) is 11.6 Å². The molecular weight excluding hydrogens is 277 g/mol. The molecule has 0 N–H and O–H groups in total. The summed E-state index contributed by atoms with van der Waals surface area (Å²) in [7, 11) is 4.76. The van der Waals surface area contributed by atoms with Gasteiger partial charge in [0.2, 0.25) is 0 Å². The van der Waals surface area contributed by atoms with E-state index < -0.39 is 17.9 Å². The van der Waals surface area contributed by atoms with E-state index in [1.54, 1.807) is 0 Å². The minimum absolute atomic E-state index is 0.584. The minimum atomic E-state index is -4.78. The van der Waals surface area contributed by atoms with Crippen molar-refractivity contribution in [3.05, 3.63) is 30.1 Å². The zero-order valence-electron chi connectivity index (χ0n) is 6.74. The molecule has 0 aliphatic heterocycles. The summed E-state index contributed by atoms with van der Waals surface area (Å²) in [6.07, 6.45) is -4.78. The fraction of sp³-hybridized carbons (Fsp3) is 0.143. The Bertz CT molecular complexity index is 279. The molecule has 1 aromatic carbocycles. The Morgan fingerprint density at radius 3 is 2.36 bits per heavy atom. The first-order chi connectivity index (χ1) is 6.47. The molecule has 0 saturated carbocycles. The zero-order valence-corrected chi connectivity index (χ0v) is 10.5. The van der Waals surface area contributed by atoms with Crippen molar-refractivity contribution in [1.29, 1.82) is 0 Å². The van der Waals surface area contributed by atoms with Crippen LogP contribution in [0.4, 0.5) is 17.6 Å². The van der Waals surface area contributed by atoms with Crippen molar-refractivity contribution in [2.45, 2.75) is 6.36 Å². The van der Waals surface area contributed by atoms with Crippen LogP contribution < -0.4 is 4.74 Å². The average molecular weight is 280 g/mol. The second-order valence-corrected chi connectivity index (χ2v) is 1.92. The molecule has 0 fully saturated rings. The first-order valence-corrected chi connectivity index (χ1v) is 7.07. The monoisotopic (exact) mass is 278 g/mol. The fourth-order valence-corrected chi connectivity index (χ4v) is 0.615. The number of halogens is 5. The molecule has 0 aromatic heterocycles. The van der Waals surface area contributed by atoms with Gasteiger partial charge in [0.25, 0.3) is 0 Å². The van der Waals surface area contributed by atoms with Crippen molar-refractivity contribution in [2.24, 2.45) is 0 Å². The number of benzene rings is 1. The van der Waals surface area contributed by atoms with Crippen molar-refractivity contribution in [3.63, 3.8) is 0 Å². The summed E-state index contributed by atoms with van der Waals surface area (Å²) in [5.74, 6) is -1.48. The Morgan fingerprint density at radius 1 is 1.36 bits per heavy atom. The predicted molar refractivity (Wildman–Crippen MR) is 37.8 cm³/mol. The SMILES string of the molecule is Fc1[c-]ccc(OC(F)(F)F)c1.[Cl][Zn+]. The maximum atomic E-state index is 12.2. The molecule has 0 saturated heterocycles. The molecule has 0 bridgehead atoms. The van der Waals surface area contributed by atoms with E-state index in [4.69, 9.17) is 9.69 Å². The molecule has 7 heteroatoms. The van der Waals surface area contributed by atoms with Crippen LogP contribution in [0.25, 0.3) is 0 Å². The average Bonchev–Trinajstić information content (AvgIpc) is 2.04. The molecule has 0 heterocycles. The van der Waals surface area contributed by atoms with Crippen LogP contribution in [-0.4, -0.2) is 6.36 Å². The Labute approximate surface area is 91.7 Å². The molecule has 1 aromatic rings. The molecule has 14 heavy (non-hydrogen) atoms. The predicted octanol–water partition coefficient (Wildman–Crippen LogP) is 3.21. The van der Waals surface area contributed by atoms with E-state index >= 15 is 0 Å². The van der Waals surface area contributed by atoms with E-state index in [1.807, 2.05) is 6.07 Å². The molecule has 0 amide bonds. The molecule has 1 rings (SSSR count). The van der Waals surface area contributed by atoms with Gasteiger partial charge in [0.1, 0.15) is 0 Å². The molecule has 0 unspecified atom stereocenters. The third kappa shape index (κ3) is 6.16. The van der Waals surface area contributed by atoms with E-state index in [9.17, 15) is 17.6 Å². The summed E-state index contributed by atoms with van der Waals surface area (Å²) in [6.45, 7) is 0. The molecule has 0 atom stereocenters. The van der Waals surface area contributed by atoms with Crippen LogP contribution in [0.1, 0.15) is 0 Å². The maximum absolute atomic E-state index is 12.2. The number of ether oxygens (including phenoxy) is 1. The normalized spacial score (nSPS) is 10.2. The van der Waals surface area contributed by atoms with E-state index in [2.05, 4.69) is 4.74 Å². The molecule has 0 spiro atoms. The van der Waals surface area contributed by atoms with Gasteiger partial charge in [-0.3, -0.25) is 0 Å². The molecule has 1 nitrogen and oxygen atoms in total. The van der Waals surface area contributed by atoms with Gasteiger partial charge in [-0.05, 0) is 0 Å². The number of rotatable bonds is 1. The van der Waals surface area contributed by atoms with Gasteiger partial charge >= 0.3 is 33.4 Å². The number of hydrogen-bond acceptors (Lipinski definition) is 1. The van der Waals surface area contributed by atoms with E-state index in [0.29, 0.717) is 6.07 Å². The van der Waals surface area contributed by atoms with Crippen LogP contribution in [-0.2, 0) is 17.3 Å². The first kappa shape index (κ1) is 13.7. The van der Waals surface area contributed by atoms with E-state index in [-0.39, 0.29) is 0 Å². The van der Waals surface area contributed by atoms with Gasteiger partial charge < -0.3 is 4.74 Å².